The third-order valence-corrected chi connectivity index (χ3v) is 5.80. The molecule has 3 heteroatoms. The molecule has 1 aromatic heterocycles. The van der Waals surface area contributed by atoms with Crippen LogP contribution in [-0.4, -0.2) is 4.98 Å². The van der Waals surface area contributed by atoms with E-state index in [2.05, 4.69) is 6.92 Å². The maximum Gasteiger partial charge on any atom is 0.109 e. The Labute approximate surface area is 134 Å². The van der Waals surface area contributed by atoms with Gasteiger partial charge >= 0.3 is 0 Å². The van der Waals surface area contributed by atoms with E-state index in [1.165, 1.54) is 87.8 Å². The Bertz CT molecular complexity index is 394. The van der Waals surface area contributed by atoms with Crippen molar-refractivity contribution in [1.29, 1.82) is 0 Å². The molecule has 1 fully saturated rings. The highest BCUT2D eigenvalue weighted by Crippen LogP contribution is 2.37. The van der Waals surface area contributed by atoms with Gasteiger partial charge in [0.1, 0.15) is 5.00 Å². The largest absolute Gasteiger partial charge is 0.389 e. The van der Waals surface area contributed by atoms with Gasteiger partial charge in [0, 0.05) is 5.92 Å². The summed E-state index contributed by atoms with van der Waals surface area (Å²) in [5.74, 6) is 0.703. The molecule has 0 amide bonds. The number of unbranched alkanes of at least 4 members (excludes halogenated alkanes) is 6. The third-order valence-electron chi connectivity index (χ3n) is 4.72. The molecule has 2 N–H and O–H groups in total. The zero-order chi connectivity index (χ0) is 14.9. The van der Waals surface area contributed by atoms with Crippen molar-refractivity contribution in [3.8, 4) is 0 Å². The lowest BCUT2D eigenvalue weighted by atomic mass is 9.90. The van der Waals surface area contributed by atoms with Crippen molar-refractivity contribution in [2.75, 3.05) is 5.73 Å². The Morgan fingerprint density at radius 2 is 1.67 bits per heavy atom. The monoisotopic (exact) mass is 308 g/mol. The van der Waals surface area contributed by atoms with Gasteiger partial charge in [0.05, 0.1) is 10.7 Å². The first-order chi connectivity index (χ1) is 10.3. The molecule has 1 aromatic rings. The fraction of sp³-hybridized carbons (Fsp3) is 0.833. The molecule has 0 spiro atoms. The smallest absolute Gasteiger partial charge is 0.109 e. The van der Waals surface area contributed by atoms with Crippen molar-refractivity contribution in [3.63, 3.8) is 0 Å². The molecule has 0 unspecified atom stereocenters. The van der Waals surface area contributed by atoms with E-state index in [0.717, 1.165) is 11.4 Å². The molecule has 0 radical (unpaired) electrons. The first kappa shape index (κ1) is 16.8. The molecule has 1 heterocycles. The van der Waals surface area contributed by atoms with E-state index in [4.69, 9.17) is 10.7 Å². The van der Waals surface area contributed by atoms with Gasteiger partial charge in [0.25, 0.3) is 0 Å². The van der Waals surface area contributed by atoms with E-state index >= 15 is 0 Å². The number of nitrogens with zero attached hydrogens (tertiary/aromatic N) is 1. The predicted octanol–water partition coefficient (Wildman–Crippen LogP) is 6.07. The second-order valence-electron chi connectivity index (χ2n) is 6.57. The van der Waals surface area contributed by atoms with Gasteiger partial charge in [0.2, 0.25) is 0 Å². The van der Waals surface area contributed by atoms with E-state index in [1.54, 1.807) is 11.3 Å². The van der Waals surface area contributed by atoms with Crippen LogP contribution < -0.4 is 5.73 Å². The summed E-state index contributed by atoms with van der Waals surface area (Å²) in [6.07, 6.45) is 17.4. The average molecular weight is 309 g/mol. The molecule has 0 aliphatic heterocycles. The van der Waals surface area contributed by atoms with Gasteiger partial charge in [-0.05, 0) is 25.7 Å². The summed E-state index contributed by atoms with van der Waals surface area (Å²) < 4.78 is 0. The summed E-state index contributed by atoms with van der Waals surface area (Å²) in [5.41, 5.74) is 7.37. The van der Waals surface area contributed by atoms with E-state index in [1.807, 2.05) is 0 Å². The maximum absolute atomic E-state index is 6.18. The summed E-state index contributed by atoms with van der Waals surface area (Å²) in [4.78, 5) is 4.87. The van der Waals surface area contributed by atoms with Crippen LogP contribution in [0, 0.1) is 0 Å². The molecule has 2 rings (SSSR count). The topological polar surface area (TPSA) is 38.9 Å². The minimum absolute atomic E-state index is 0.703. The summed E-state index contributed by atoms with van der Waals surface area (Å²) >= 11 is 1.76. The zero-order valence-electron chi connectivity index (χ0n) is 13.7. The Hall–Kier alpha value is -0.570. The van der Waals surface area contributed by atoms with E-state index in [0.29, 0.717) is 5.92 Å². The summed E-state index contributed by atoms with van der Waals surface area (Å²) in [6.45, 7) is 2.27. The minimum Gasteiger partial charge on any atom is -0.389 e. The molecular formula is C18H32N2S. The average Bonchev–Trinajstić information content (AvgIpc) is 2.88. The highest BCUT2D eigenvalue weighted by molar-refractivity contribution is 7.15. The molecule has 2 nitrogen and oxygen atoms in total. The second kappa shape index (κ2) is 9.45. The van der Waals surface area contributed by atoms with Crippen molar-refractivity contribution in [2.45, 2.75) is 96.3 Å². The van der Waals surface area contributed by atoms with Crippen LogP contribution in [0.25, 0.3) is 0 Å². The second-order valence-corrected chi connectivity index (χ2v) is 7.63. The lowest BCUT2D eigenvalue weighted by molar-refractivity contribution is 0.442. The molecule has 1 aliphatic carbocycles. The third kappa shape index (κ3) is 5.61. The Morgan fingerprint density at radius 1 is 1.00 bits per heavy atom. The summed E-state index contributed by atoms with van der Waals surface area (Å²) in [5, 5.41) is 2.31. The fourth-order valence-corrected chi connectivity index (χ4v) is 4.38. The number of aryl methyl sites for hydroxylation is 1. The first-order valence-corrected chi connectivity index (χ1v) is 9.88. The number of rotatable bonds is 9. The van der Waals surface area contributed by atoms with E-state index < -0.39 is 0 Å². The fourth-order valence-electron chi connectivity index (χ4n) is 3.34. The molecular weight excluding hydrogens is 276 g/mol. The highest BCUT2D eigenvalue weighted by Gasteiger charge is 2.20. The number of anilines is 1. The van der Waals surface area contributed by atoms with Gasteiger partial charge in [-0.3, -0.25) is 0 Å². The van der Waals surface area contributed by atoms with Crippen LogP contribution in [0.2, 0.25) is 0 Å². The minimum atomic E-state index is 0.703. The number of nitrogens with two attached hydrogens (primary N) is 1. The first-order valence-electron chi connectivity index (χ1n) is 9.06. The van der Waals surface area contributed by atoms with E-state index in [9.17, 15) is 0 Å². The van der Waals surface area contributed by atoms with Gasteiger partial charge in [0.15, 0.2) is 0 Å². The maximum atomic E-state index is 6.18. The molecule has 0 aromatic carbocycles. The number of thiazole rings is 1. The van der Waals surface area contributed by atoms with Crippen molar-refractivity contribution in [1.82, 2.24) is 4.98 Å². The van der Waals surface area contributed by atoms with Crippen molar-refractivity contribution in [3.05, 3.63) is 10.7 Å². The molecule has 1 aliphatic rings. The van der Waals surface area contributed by atoms with Crippen LogP contribution in [0.3, 0.4) is 0 Å². The molecule has 120 valence electrons. The molecule has 0 bridgehead atoms. The van der Waals surface area contributed by atoms with Crippen LogP contribution in [0.5, 0.6) is 0 Å². The Kier molecular flexibility index (Phi) is 7.56. The van der Waals surface area contributed by atoms with Crippen LogP contribution in [0.1, 0.15) is 101 Å². The van der Waals surface area contributed by atoms with E-state index in [-0.39, 0.29) is 0 Å². The lowest BCUT2D eigenvalue weighted by Crippen LogP contribution is -2.04. The quantitative estimate of drug-likeness (QED) is 0.563. The van der Waals surface area contributed by atoms with Gasteiger partial charge in [-0.25, -0.2) is 4.98 Å². The standard InChI is InChI=1S/C18H32N2S/c1-2-3-4-5-6-7-11-14-16-17(19)21-18(20-16)15-12-9-8-10-13-15/h15H,2-14,19H2,1H3. The normalized spacial score (nSPS) is 16.4. The number of hydrogen-bond donors (Lipinski definition) is 1. The van der Waals surface area contributed by atoms with Crippen molar-refractivity contribution < 1.29 is 0 Å². The Balaban J connectivity index is 1.69. The SMILES string of the molecule is CCCCCCCCCc1nc(C2CCCCC2)sc1N. The Morgan fingerprint density at radius 3 is 2.38 bits per heavy atom. The van der Waals surface area contributed by atoms with Crippen LogP contribution in [0.15, 0.2) is 0 Å². The van der Waals surface area contributed by atoms with Gasteiger partial charge in [-0.1, -0.05) is 64.7 Å². The lowest BCUT2D eigenvalue weighted by Gasteiger charge is -2.18. The molecule has 1 saturated carbocycles. The predicted molar refractivity (Wildman–Crippen MR) is 94.0 cm³/mol. The molecule has 0 atom stereocenters. The highest BCUT2D eigenvalue weighted by atomic mass is 32.1. The van der Waals surface area contributed by atoms with Crippen LogP contribution in [-0.2, 0) is 6.42 Å². The van der Waals surface area contributed by atoms with Gasteiger partial charge in [-0.15, -0.1) is 11.3 Å². The van der Waals surface area contributed by atoms with Gasteiger partial charge < -0.3 is 5.73 Å². The summed E-state index contributed by atoms with van der Waals surface area (Å²) in [6, 6.07) is 0. The number of hydrogen-bond acceptors (Lipinski definition) is 3. The summed E-state index contributed by atoms with van der Waals surface area (Å²) in [7, 11) is 0. The van der Waals surface area contributed by atoms with Crippen molar-refractivity contribution in [2.24, 2.45) is 0 Å². The number of aromatic nitrogens is 1. The van der Waals surface area contributed by atoms with Gasteiger partial charge in [-0.2, -0.15) is 0 Å². The number of nitrogen functional groups attached to an aromatic ring is 1. The zero-order valence-corrected chi connectivity index (χ0v) is 14.5. The molecule has 21 heavy (non-hydrogen) atoms. The molecule has 0 saturated heterocycles. The van der Waals surface area contributed by atoms with Crippen molar-refractivity contribution >= 4 is 16.3 Å². The van der Waals surface area contributed by atoms with Crippen LogP contribution >= 0.6 is 11.3 Å². The van der Waals surface area contributed by atoms with Crippen LogP contribution in [0.4, 0.5) is 5.00 Å².